The topological polar surface area (TPSA) is 18.5 Å². The average molecular weight is 257 g/mol. The van der Waals surface area contributed by atoms with Crippen LogP contribution in [0.1, 0.15) is 26.7 Å². The van der Waals surface area contributed by atoms with Crippen LogP contribution in [0.2, 0.25) is 5.02 Å². The molecule has 0 bridgehead atoms. The quantitative estimate of drug-likeness (QED) is 0.729. The molecular formula is C14H21ClO2. The van der Waals surface area contributed by atoms with Crippen molar-refractivity contribution in [3.8, 4) is 5.75 Å². The van der Waals surface area contributed by atoms with Gasteiger partial charge in [0, 0.05) is 7.11 Å². The molecule has 0 fully saturated rings. The number of methoxy groups -OCH3 is 1. The Kier molecular flexibility index (Phi) is 6.38. The lowest BCUT2D eigenvalue weighted by Crippen LogP contribution is -2.22. The number of hydrogen-bond donors (Lipinski definition) is 0. The number of halogens is 1. The zero-order chi connectivity index (χ0) is 12.7. The van der Waals surface area contributed by atoms with Gasteiger partial charge in [0.1, 0.15) is 12.4 Å². The molecule has 2 nitrogen and oxygen atoms in total. The van der Waals surface area contributed by atoms with Crippen LogP contribution in [0.3, 0.4) is 0 Å². The van der Waals surface area contributed by atoms with Gasteiger partial charge in [0.05, 0.1) is 11.1 Å². The van der Waals surface area contributed by atoms with E-state index in [2.05, 4.69) is 13.8 Å². The Labute approximate surface area is 109 Å². The highest BCUT2D eigenvalue weighted by Gasteiger charge is 2.13. The molecule has 0 heterocycles. The molecule has 1 aromatic carbocycles. The number of para-hydroxylation sites is 1. The second kappa shape index (κ2) is 7.57. The second-order valence-corrected chi connectivity index (χ2v) is 4.76. The molecular weight excluding hydrogens is 236 g/mol. The second-order valence-electron chi connectivity index (χ2n) is 4.35. The molecule has 0 saturated carbocycles. The molecule has 0 saturated heterocycles. The summed E-state index contributed by atoms with van der Waals surface area (Å²) in [7, 11) is 1.73. The zero-order valence-corrected chi connectivity index (χ0v) is 11.5. The van der Waals surface area contributed by atoms with Crippen molar-refractivity contribution in [2.75, 3.05) is 13.7 Å². The van der Waals surface area contributed by atoms with E-state index in [0.29, 0.717) is 17.5 Å². The van der Waals surface area contributed by atoms with Crippen molar-refractivity contribution in [1.82, 2.24) is 0 Å². The normalized spacial score (nSPS) is 14.4. The zero-order valence-electron chi connectivity index (χ0n) is 10.8. The van der Waals surface area contributed by atoms with E-state index >= 15 is 0 Å². The predicted octanol–water partition coefficient (Wildman–Crippen LogP) is 4.17. The van der Waals surface area contributed by atoms with Crippen molar-refractivity contribution >= 4 is 11.6 Å². The van der Waals surface area contributed by atoms with Gasteiger partial charge in [-0.25, -0.2) is 0 Å². The van der Waals surface area contributed by atoms with E-state index in [4.69, 9.17) is 21.1 Å². The SMILES string of the molecule is CCC(C)C[C@H](COc1ccccc1Cl)OC. The first-order valence-electron chi connectivity index (χ1n) is 6.07. The summed E-state index contributed by atoms with van der Waals surface area (Å²) in [5, 5.41) is 0.644. The van der Waals surface area contributed by atoms with E-state index in [-0.39, 0.29) is 6.10 Å². The van der Waals surface area contributed by atoms with Gasteiger partial charge >= 0.3 is 0 Å². The van der Waals surface area contributed by atoms with Gasteiger partial charge in [-0.05, 0) is 24.5 Å². The highest BCUT2D eigenvalue weighted by atomic mass is 35.5. The molecule has 0 spiro atoms. The lowest BCUT2D eigenvalue weighted by atomic mass is 10.0. The van der Waals surface area contributed by atoms with Crippen molar-refractivity contribution < 1.29 is 9.47 Å². The monoisotopic (exact) mass is 256 g/mol. The van der Waals surface area contributed by atoms with Gasteiger partial charge in [-0.3, -0.25) is 0 Å². The minimum atomic E-state index is 0.126. The molecule has 0 N–H and O–H groups in total. The number of ether oxygens (including phenoxy) is 2. The van der Waals surface area contributed by atoms with Gasteiger partial charge in [0.25, 0.3) is 0 Å². The van der Waals surface area contributed by atoms with E-state index in [1.165, 1.54) is 0 Å². The minimum Gasteiger partial charge on any atom is -0.489 e. The van der Waals surface area contributed by atoms with Crippen molar-refractivity contribution in [3.63, 3.8) is 0 Å². The maximum atomic E-state index is 6.02. The van der Waals surface area contributed by atoms with Crippen molar-refractivity contribution in [2.24, 2.45) is 5.92 Å². The van der Waals surface area contributed by atoms with E-state index in [1.807, 2.05) is 24.3 Å². The molecule has 0 aromatic heterocycles. The van der Waals surface area contributed by atoms with E-state index in [0.717, 1.165) is 18.6 Å². The minimum absolute atomic E-state index is 0.126. The Morgan fingerprint density at radius 1 is 1.29 bits per heavy atom. The van der Waals surface area contributed by atoms with Crippen LogP contribution >= 0.6 is 11.6 Å². The molecule has 1 unspecified atom stereocenters. The van der Waals surface area contributed by atoms with Crippen LogP contribution < -0.4 is 4.74 Å². The van der Waals surface area contributed by atoms with Crippen molar-refractivity contribution in [2.45, 2.75) is 32.8 Å². The van der Waals surface area contributed by atoms with Gasteiger partial charge < -0.3 is 9.47 Å². The molecule has 96 valence electrons. The summed E-state index contributed by atoms with van der Waals surface area (Å²) < 4.78 is 11.1. The smallest absolute Gasteiger partial charge is 0.138 e. The van der Waals surface area contributed by atoms with Crippen LogP contribution in [-0.4, -0.2) is 19.8 Å². The van der Waals surface area contributed by atoms with Gasteiger partial charge in [-0.15, -0.1) is 0 Å². The van der Waals surface area contributed by atoms with Crippen LogP contribution in [0.4, 0.5) is 0 Å². The third kappa shape index (κ3) is 4.97. The molecule has 17 heavy (non-hydrogen) atoms. The highest BCUT2D eigenvalue weighted by molar-refractivity contribution is 6.32. The molecule has 1 rings (SSSR count). The van der Waals surface area contributed by atoms with Gasteiger partial charge in [-0.1, -0.05) is 44.0 Å². The van der Waals surface area contributed by atoms with Crippen LogP contribution in [0.25, 0.3) is 0 Å². The summed E-state index contributed by atoms with van der Waals surface area (Å²) in [6.45, 7) is 4.96. The van der Waals surface area contributed by atoms with Crippen LogP contribution in [0.15, 0.2) is 24.3 Å². The first kappa shape index (κ1) is 14.3. The van der Waals surface area contributed by atoms with Gasteiger partial charge in [0.2, 0.25) is 0 Å². The molecule has 1 aromatic rings. The third-order valence-corrected chi connectivity index (χ3v) is 3.27. The molecule has 2 atom stereocenters. The maximum absolute atomic E-state index is 6.02. The lowest BCUT2D eigenvalue weighted by Gasteiger charge is -2.19. The highest BCUT2D eigenvalue weighted by Crippen LogP contribution is 2.24. The summed E-state index contributed by atoms with van der Waals surface area (Å²) >= 11 is 6.02. The van der Waals surface area contributed by atoms with Crippen LogP contribution in [0.5, 0.6) is 5.75 Å². The summed E-state index contributed by atoms with van der Waals surface area (Å²) in [4.78, 5) is 0. The molecule has 0 radical (unpaired) electrons. The number of hydrogen-bond acceptors (Lipinski definition) is 2. The number of rotatable bonds is 7. The van der Waals surface area contributed by atoms with Gasteiger partial charge in [-0.2, -0.15) is 0 Å². The molecule has 0 aliphatic rings. The summed E-state index contributed by atoms with van der Waals surface area (Å²) in [5.41, 5.74) is 0. The van der Waals surface area contributed by atoms with E-state index in [9.17, 15) is 0 Å². The van der Waals surface area contributed by atoms with Crippen LogP contribution in [0, 0.1) is 5.92 Å². The van der Waals surface area contributed by atoms with Crippen molar-refractivity contribution in [3.05, 3.63) is 29.3 Å². The largest absolute Gasteiger partial charge is 0.489 e. The first-order chi connectivity index (χ1) is 8.17. The molecule has 3 heteroatoms. The predicted molar refractivity (Wildman–Crippen MR) is 71.8 cm³/mol. The number of benzene rings is 1. The Bertz CT molecular complexity index is 328. The average Bonchev–Trinajstić information content (AvgIpc) is 2.35. The van der Waals surface area contributed by atoms with Gasteiger partial charge in [0.15, 0.2) is 0 Å². The summed E-state index contributed by atoms with van der Waals surface area (Å²) in [6, 6.07) is 7.51. The fraction of sp³-hybridized carbons (Fsp3) is 0.571. The summed E-state index contributed by atoms with van der Waals surface area (Å²) in [6.07, 6.45) is 2.30. The fourth-order valence-corrected chi connectivity index (χ4v) is 1.78. The fourth-order valence-electron chi connectivity index (χ4n) is 1.59. The lowest BCUT2D eigenvalue weighted by molar-refractivity contribution is 0.0414. The Hall–Kier alpha value is -0.730. The van der Waals surface area contributed by atoms with Crippen molar-refractivity contribution in [1.29, 1.82) is 0 Å². The molecule has 0 aliphatic heterocycles. The molecule has 0 aliphatic carbocycles. The molecule has 0 amide bonds. The first-order valence-corrected chi connectivity index (χ1v) is 6.45. The Morgan fingerprint density at radius 3 is 2.59 bits per heavy atom. The third-order valence-electron chi connectivity index (χ3n) is 2.96. The van der Waals surface area contributed by atoms with E-state index in [1.54, 1.807) is 7.11 Å². The Morgan fingerprint density at radius 2 is 2.00 bits per heavy atom. The van der Waals surface area contributed by atoms with Crippen LogP contribution in [-0.2, 0) is 4.74 Å². The van der Waals surface area contributed by atoms with E-state index < -0.39 is 0 Å². The maximum Gasteiger partial charge on any atom is 0.138 e. The summed E-state index contributed by atoms with van der Waals surface area (Å²) in [5.74, 6) is 1.37. The standard InChI is InChI=1S/C14H21ClO2/c1-4-11(2)9-12(16-3)10-17-14-8-6-5-7-13(14)15/h5-8,11-12H,4,9-10H2,1-3H3/t11?,12-/m1/s1. The Balaban J connectivity index is 2.45.